The normalized spacial score (nSPS) is 12.9. The minimum Gasteiger partial charge on any atom is -0.223 e. The molecule has 1 aromatic carbocycles. The minimum absolute atomic E-state index is 0.200. The van der Waals surface area contributed by atoms with Crippen LogP contribution in [0.15, 0.2) is 23.1 Å². The molecule has 0 saturated carbocycles. The highest BCUT2D eigenvalue weighted by molar-refractivity contribution is 7.92. The van der Waals surface area contributed by atoms with Gasteiger partial charge in [0, 0.05) is 0 Å². The Labute approximate surface area is 87.8 Å². The molecule has 0 bridgehead atoms. The lowest BCUT2D eigenvalue weighted by Gasteiger charge is -2.19. The lowest BCUT2D eigenvalue weighted by molar-refractivity contribution is 0.503. The SMILES string of the molecule is CC(C)(C)S(=O)(=O)c1ccc(F)c(F)c1. The molecule has 1 aromatic rings. The second-order valence-electron chi connectivity index (χ2n) is 4.19. The largest absolute Gasteiger partial charge is 0.223 e. The number of sulfone groups is 1. The van der Waals surface area contributed by atoms with E-state index in [1.54, 1.807) is 0 Å². The van der Waals surface area contributed by atoms with Gasteiger partial charge in [-0.25, -0.2) is 17.2 Å². The summed E-state index contributed by atoms with van der Waals surface area (Å²) in [5.74, 6) is -2.21. The topological polar surface area (TPSA) is 34.1 Å². The van der Waals surface area contributed by atoms with Gasteiger partial charge in [-0.15, -0.1) is 0 Å². The van der Waals surface area contributed by atoms with E-state index in [9.17, 15) is 17.2 Å². The van der Waals surface area contributed by atoms with Crippen molar-refractivity contribution >= 4 is 9.84 Å². The quantitative estimate of drug-likeness (QED) is 0.700. The van der Waals surface area contributed by atoms with Gasteiger partial charge in [-0.3, -0.25) is 0 Å². The Morgan fingerprint density at radius 3 is 2.00 bits per heavy atom. The fourth-order valence-corrected chi connectivity index (χ4v) is 2.21. The molecule has 2 nitrogen and oxygen atoms in total. The molecule has 0 aliphatic rings. The molecule has 0 fully saturated rings. The maximum atomic E-state index is 12.9. The Balaban J connectivity index is 3.36. The Hall–Kier alpha value is -0.970. The Kier molecular flexibility index (Phi) is 2.87. The van der Waals surface area contributed by atoms with Gasteiger partial charge in [0.05, 0.1) is 9.64 Å². The van der Waals surface area contributed by atoms with Crippen LogP contribution < -0.4 is 0 Å². The molecule has 84 valence electrons. The lowest BCUT2D eigenvalue weighted by atomic mass is 10.3. The molecular weight excluding hydrogens is 222 g/mol. The van der Waals surface area contributed by atoms with Crippen molar-refractivity contribution in [1.82, 2.24) is 0 Å². The van der Waals surface area contributed by atoms with Crippen LogP contribution in [0, 0.1) is 11.6 Å². The maximum absolute atomic E-state index is 12.9. The van der Waals surface area contributed by atoms with Gasteiger partial charge in [0.2, 0.25) is 0 Å². The summed E-state index contributed by atoms with van der Waals surface area (Å²) in [7, 11) is -3.62. The smallest absolute Gasteiger partial charge is 0.183 e. The lowest BCUT2D eigenvalue weighted by Crippen LogP contribution is -2.28. The third-order valence-corrected chi connectivity index (χ3v) is 4.49. The zero-order valence-electron chi connectivity index (χ0n) is 8.71. The van der Waals surface area contributed by atoms with Crippen LogP contribution in [0.25, 0.3) is 0 Å². The van der Waals surface area contributed by atoms with Crippen molar-refractivity contribution in [2.24, 2.45) is 0 Å². The number of halogens is 2. The minimum atomic E-state index is -3.62. The summed E-state index contributed by atoms with van der Waals surface area (Å²) in [5, 5.41) is 0. The van der Waals surface area contributed by atoms with Crippen LogP contribution >= 0.6 is 0 Å². The second kappa shape index (κ2) is 3.56. The highest BCUT2D eigenvalue weighted by Gasteiger charge is 2.31. The van der Waals surface area contributed by atoms with E-state index in [2.05, 4.69) is 0 Å². The molecule has 0 atom stereocenters. The van der Waals surface area contributed by atoms with Crippen LogP contribution in [0.4, 0.5) is 8.78 Å². The standard InChI is InChI=1S/C10H12F2O2S/c1-10(2,3)15(13,14)7-4-5-8(11)9(12)6-7/h4-6H,1-3H3. The van der Waals surface area contributed by atoms with E-state index in [1.807, 2.05) is 0 Å². The molecule has 0 radical (unpaired) electrons. The van der Waals surface area contributed by atoms with Crippen LogP contribution in [-0.4, -0.2) is 13.2 Å². The van der Waals surface area contributed by atoms with E-state index >= 15 is 0 Å². The molecule has 0 N–H and O–H groups in total. The zero-order chi connectivity index (χ0) is 11.9. The molecule has 0 spiro atoms. The Morgan fingerprint density at radius 2 is 1.60 bits per heavy atom. The molecule has 0 aromatic heterocycles. The van der Waals surface area contributed by atoms with Gasteiger partial charge in [0.25, 0.3) is 0 Å². The summed E-state index contributed by atoms with van der Waals surface area (Å²) in [4.78, 5) is -0.200. The Bertz CT molecular complexity index is 473. The van der Waals surface area contributed by atoms with Crippen LogP contribution in [0.1, 0.15) is 20.8 Å². The van der Waals surface area contributed by atoms with E-state index < -0.39 is 26.2 Å². The monoisotopic (exact) mass is 234 g/mol. The van der Waals surface area contributed by atoms with E-state index in [1.165, 1.54) is 20.8 Å². The third kappa shape index (κ3) is 2.17. The number of benzene rings is 1. The second-order valence-corrected chi connectivity index (χ2v) is 6.89. The van der Waals surface area contributed by atoms with E-state index in [0.29, 0.717) is 6.07 Å². The number of rotatable bonds is 1. The molecule has 15 heavy (non-hydrogen) atoms. The van der Waals surface area contributed by atoms with Crippen molar-refractivity contribution in [3.63, 3.8) is 0 Å². The average molecular weight is 234 g/mol. The predicted octanol–water partition coefficient (Wildman–Crippen LogP) is 2.54. The first kappa shape index (κ1) is 12.1. The predicted molar refractivity (Wildman–Crippen MR) is 53.3 cm³/mol. The zero-order valence-corrected chi connectivity index (χ0v) is 9.53. The maximum Gasteiger partial charge on any atom is 0.183 e. The van der Waals surface area contributed by atoms with Crippen molar-refractivity contribution in [3.05, 3.63) is 29.8 Å². The fraction of sp³-hybridized carbons (Fsp3) is 0.400. The van der Waals surface area contributed by atoms with Gasteiger partial charge in [0.1, 0.15) is 0 Å². The molecule has 0 amide bonds. The summed E-state index contributed by atoms with van der Waals surface area (Å²) in [6.45, 7) is 4.51. The van der Waals surface area contributed by atoms with Crippen molar-refractivity contribution in [2.45, 2.75) is 30.4 Å². The van der Waals surface area contributed by atoms with Crippen LogP contribution in [-0.2, 0) is 9.84 Å². The van der Waals surface area contributed by atoms with Crippen LogP contribution in [0.5, 0.6) is 0 Å². The Morgan fingerprint density at radius 1 is 1.07 bits per heavy atom. The van der Waals surface area contributed by atoms with Crippen molar-refractivity contribution in [1.29, 1.82) is 0 Å². The first-order valence-corrected chi connectivity index (χ1v) is 5.84. The highest BCUT2D eigenvalue weighted by Crippen LogP contribution is 2.25. The summed E-state index contributed by atoms with van der Waals surface area (Å²) < 4.78 is 48.1. The van der Waals surface area contributed by atoms with Gasteiger partial charge >= 0.3 is 0 Å². The first-order valence-electron chi connectivity index (χ1n) is 4.36. The van der Waals surface area contributed by atoms with E-state index in [-0.39, 0.29) is 4.90 Å². The first-order chi connectivity index (χ1) is 6.66. The third-order valence-electron chi connectivity index (χ3n) is 2.01. The van der Waals surface area contributed by atoms with Crippen LogP contribution in [0.3, 0.4) is 0 Å². The molecule has 0 unspecified atom stereocenters. The average Bonchev–Trinajstić information content (AvgIpc) is 2.07. The summed E-state index contributed by atoms with van der Waals surface area (Å²) in [5.41, 5.74) is 0. The molecule has 0 saturated heterocycles. The van der Waals surface area contributed by atoms with Gasteiger partial charge in [-0.05, 0) is 39.0 Å². The van der Waals surface area contributed by atoms with Crippen LogP contribution in [0.2, 0.25) is 0 Å². The van der Waals surface area contributed by atoms with Gasteiger partial charge in [-0.1, -0.05) is 0 Å². The van der Waals surface area contributed by atoms with E-state index in [0.717, 1.165) is 12.1 Å². The molecule has 5 heteroatoms. The fourth-order valence-electron chi connectivity index (χ4n) is 0.998. The van der Waals surface area contributed by atoms with Crippen molar-refractivity contribution in [2.75, 3.05) is 0 Å². The van der Waals surface area contributed by atoms with E-state index in [4.69, 9.17) is 0 Å². The highest BCUT2D eigenvalue weighted by atomic mass is 32.2. The molecule has 0 heterocycles. The molecule has 0 aliphatic heterocycles. The van der Waals surface area contributed by atoms with Gasteiger partial charge < -0.3 is 0 Å². The molecule has 1 rings (SSSR count). The summed E-state index contributed by atoms with van der Waals surface area (Å²) in [6.07, 6.45) is 0. The van der Waals surface area contributed by atoms with Crippen molar-refractivity contribution in [3.8, 4) is 0 Å². The van der Waals surface area contributed by atoms with Gasteiger partial charge in [0.15, 0.2) is 21.5 Å². The number of hydrogen-bond acceptors (Lipinski definition) is 2. The molecule has 0 aliphatic carbocycles. The van der Waals surface area contributed by atoms with Gasteiger partial charge in [-0.2, -0.15) is 0 Å². The molecular formula is C10H12F2O2S. The number of hydrogen-bond donors (Lipinski definition) is 0. The summed E-state index contributed by atoms with van der Waals surface area (Å²) >= 11 is 0. The summed E-state index contributed by atoms with van der Waals surface area (Å²) in [6, 6.07) is 2.59. The van der Waals surface area contributed by atoms with Crippen molar-refractivity contribution < 1.29 is 17.2 Å².